The van der Waals surface area contributed by atoms with Crippen molar-refractivity contribution in [3.8, 4) is 0 Å². The van der Waals surface area contributed by atoms with Gasteiger partial charge in [-0.2, -0.15) is 0 Å². The minimum Gasteiger partial charge on any atom is -0.380 e. The molecule has 0 aliphatic heterocycles. The van der Waals surface area contributed by atoms with E-state index in [1.165, 1.54) is 31.4 Å². The van der Waals surface area contributed by atoms with Gasteiger partial charge in [-0.15, -0.1) is 0 Å². The maximum Gasteiger partial charge on any atom is 0.152 e. The van der Waals surface area contributed by atoms with Crippen LogP contribution in [0, 0.1) is 18.6 Å². The smallest absolute Gasteiger partial charge is 0.152 e. The van der Waals surface area contributed by atoms with Crippen LogP contribution in [-0.2, 0) is 0 Å². The number of aryl methyl sites for hydroxylation is 1. The summed E-state index contributed by atoms with van der Waals surface area (Å²) in [6.45, 7) is 4.43. The lowest BCUT2D eigenvalue weighted by Crippen LogP contribution is -2.06. The van der Waals surface area contributed by atoms with E-state index in [1.54, 1.807) is 6.92 Å². The third-order valence-electron chi connectivity index (χ3n) is 2.87. The number of unbranched alkanes of at least 4 members (excludes halogenated alkanes) is 4. The highest BCUT2D eigenvalue weighted by Crippen LogP contribution is 2.21. The standard InChI is InChI=1S/C14H21F2N/c1-3-4-5-6-7-10-17-14-12(15)9-8-11(2)13(14)16/h8-9,17H,3-7,10H2,1-2H3. The second-order valence-corrected chi connectivity index (χ2v) is 4.39. The van der Waals surface area contributed by atoms with E-state index < -0.39 is 11.6 Å². The Labute approximate surface area is 102 Å². The second-order valence-electron chi connectivity index (χ2n) is 4.39. The zero-order chi connectivity index (χ0) is 12.7. The minimum atomic E-state index is -0.512. The van der Waals surface area contributed by atoms with E-state index in [-0.39, 0.29) is 5.69 Å². The van der Waals surface area contributed by atoms with E-state index in [4.69, 9.17) is 0 Å². The summed E-state index contributed by atoms with van der Waals surface area (Å²) in [5.41, 5.74) is 0.486. The number of rotatable bonds is 7. The first kappa shape index (κ1) is 13.9. The SMILES string of the molecule is CCCCCCCNc1c(F)ccc(C)c1F. The van der Waals surface area contributed by atoms with Gasteiger partial charge in [0.05, 0.1) is 0 Å². The van der Waals surface area contributed by atoms with Crippen molar-refractivity contribution >= 4 is 5.69 Å². The number of nitrogens with one attached hydrogen (secondary N) is 1. The van der Waals surface area contributed by atoms with E-state index in [2.05, 4.69) is 12.2 Å². The molecule has 0 unspecified atom stereocenters. The molecular weight excluding hydrogens is 220 g/mol. The average Bonchev–Trinajstić information content (AvgIpc) is 2.32. The lowest BCUT2D eigenvalue weighted by Gasteiger charge is -2.10. The van der Waals surface area contributed by atoms with Crippen LogP contribution in [0.3, 0.4) is 0 Å². The lowest BCUT2D eigenvalue weighted by molar-refractivity contribution is 0.579. The molecule has 0 aromatic heterocycles. The molecule has 1 nitrogen and oxygen atoms in total. The van der Waals surface area contributed by atoms with Crippen molar-refractivity contribution < 1.29 is 8.78 Å². The van der Waals surface area contributed by atoms with Gasteiger partial charge in [0, 0.05) is 6.54 Å². The monoisotopic (exact) mass is 241 g/mol. The predicted octanol–water partition coefficient (Wildman–Crippen LogP) is 4.66. The largest absolute Gasteiger partial charge is 0.380 e. The van der Waals surface area contributed by atoms with Gasteiger partial charge >= 0.3 is 0 Å². The molecular formula is C14H21F2N. The Morgan fingerprint density at radius 1 is 1.06 bits per heavy atom. The topological polar surface area (TPSA) is 12.0 Å². The van der Waals surface area contributed by atoms with Crippen molar-refractivity contribution in [3.05, 3.63) is 29.3 Å². The summed E-state index contributed by atoms with van der Waals surface area (Å²) in [5.74, 6) is -0.986. The molecule has 0 atom stereocenters. The van der Waals surface area contributed by atoms with Gasteiger partial charge in [0.25, 0.3) is 0 Å². The van der Waals surface area contributed by atoms with Crippen LogP contribution in [0.1, 0.15) is 44.6 Å². The van der Waals surface area contributed by atoms with Crippen LogP contribution in [0.4, 0.5) is 14.5 Å². The number of benzene rings is 1. The van der Waals surface area contributed by atoms with Gasteiger partial charge in [-0.05, 0) is 25.0 Å². The molecule has 1 aromatic rings. The first-order chi connectivity index (χ1) is 8.16. The Morgan fingerprint density at radius 3 is 2.47 bits per heavy atom. The highest BCUT2D eigenvalue weighted by molar-refractivity contribution is 5.48. The van der Waals surface area contributed by atoms with Crippen molar-refractivity contribution in [2.24, 2.45) is 0 Å². The molecule has 0 fully saturated rings. The Hall–Kier alpha value is -1.12. The molecule has 96 valence electrons. The summed E-state index contributed by atoms with van der Waals surface area (Å²) in [7, 11) is 0. The van der Waals surface area contributed by atoms with Gasteiger partial charge in [0.2, 0.25) is 0 Å². The van der Waals surface area contributed by atoms with Crippen LogP contribution >= 0.6 is 0 Å². The molecule has 0 bridgehead atoms. The van der Waals surface area contributed by atoms with Crippen LogP contribution in [0.25, 0.3) is 0 Å². The molecule has 0 aliphatic rings. The number of hydrogen-bond donors (Lipinski definition) is 1. The summed E-state index contributed by atoms with van der Waals surface area (Å²) < 4.78 is 26.9. The minimum absolute atomic E-state index is 0.0143. The maximum absolute atomic E-state index is 13.6. The normalized spacial score (nSPS) is 10.6. The summed E-state index contributed by atoms with van der Waals surface area (Å²) >= 11 is 0. The summed E-state index contributed by atoms with van der Waals surface area (Å²) in [6.07, 6.45) is 5.68. The first-order valence-corrected chi connectivity index (χ1v) is 6.35. The molecule has 17 heavy (non-hydrogen) atoms. The third kappa shape index (κ3) is 4.33. The van der Waals surface area contributed by atoms with E-state index in [9.17, 15) is 8.78 Å². The van der Waals surface area contributed by atoms with Crippen LogP contribution in [0.5, 0.6) is 0 Å². The Kier molecular flexibility index (Phi) is 5.95. The number of halogens is 2. The van der Waals surface area contributed by atoms with E-state index >= 15 is 0 Å². The van der Waals surface area contributed by atoms with Crippen molar-refractivity contribution in [3.63, 3.8) is 0 Å². The van der Waals surface area contributed by atoms with Crippen LogP contribution in [0.2, 0.25) is 0 Å². The molecule has 0 saturated heterocycles. The van der Waals surface area contributed by atoms with E-state index in [1.807, 2.05) is 0 Å². The Balaban J connectivity index is 2.39. The van der Waals surface area contributed by atoms with Crippen LogP contribution in [0.15, 0.2) is 12.1 Å². The van der Waals surface area contributed by atoms with Gasteiger partial charge in [-0.3, -0.25) is 0 Å². The van der Waals surface area contributed by atoms with Gasteiger partial charge in [-0.1, -0.05) is 38.7 Å². The van der Waals surface area contributed by atoms with Gasteiger partial charge < -0.3 is 5.32 Å². The fraction of sp³-hybridized carbons (Fsp3) is 0.571. The van der Waals surface area contributed by atoms with Crippen molar-refractivity contribution in [2.75, 3.05) is 11.9 Å². The van der Waals surface area contributed by atoms with Crippen molar-refractivity contribution in [2.45, 2.75) is 46.0 Å². The van der Waals surface area contributed by atoms with Crippen molar-refractivity contribution in [1.82, 2.24) is 0 Å². The lowest BCUT2D eigenvalue weighted by atomic mass is 10.1. The summed E-state index contributed by atoms with van der Waals surface area (Å²) in [5, 5.41) is 2.85. The predicted molar refractivity (Wildman–Crippen MR) is 68.3 cm³/mol. The van der Waals surface area contributed by atoms with E-state index in [0.717, 1.165) is 12.8 Å². The van der Waals surface area contributed by atoms with Gasteiger partial charge in [0.1, 0.15) is 11.5 Å². The highest BCUT2D eigenvalue weighted by atomic mass is 19.1. The van der Waals surface area contributed by atoms with Gasteiger partial charge in [-0.25, -0.2) is 8.78 Å². The zero-order valence-electron chi connectivity index (χ0n) is 10.7. The Morgan fingerprint density at radius 2 is 1.76 bits per heavy atom. The molecule has 0 heterocycles. The third-order valence-corrected chi connectivity index (χ3v) is 2.87. The molecule has 0 radical (unpaired) electrons. The van der Waals surface area contributed by atoms with Crippen molar-refractivity contribution in [1.29, 1.82) is 0 Å². The average molecular weight is 241 g/mol. The maximum atomic E-state index is 13.6. The molecule has 1 N–H and O–H groups in total. The molecule has 0 spiro atoms. The zero-order valence-corrected chi connectivity index (χ0v) is 10.7. The summed E-state index contributed by atoms with van der Waals surface area (Å²) in [4.78, 5) is 0. The van der Waals surface area contributed by atoms with Gasteiger partial charge in [0.15, 0.2) is 5.82 Å². The quantitative estimate of drug-likeness (QED) is 0.685. The first-order valence-electron chi connectivity index (χ1n) is 6.35. The molecule has 3 heteroatoms. The molecule has 1 rings (SSSR count). The molecule has 0 amide bonds. The molecule has 0 aliphatic carbocycles. The van der Waals surface area contributed by atoms with E-state index in [0.29, 0.717) is 12.1 Å². The molecule has 1 aromatic carbocycles. The second kappa shape index (κ2) is 7.25. The highest BCUT2D eigenvalue weighted by Gasteiger charge is 2.10. The molecule has 0 saturated carbocycles. The fourth-order valence-corrected chi connectivity index (χ4v) is 1.76. The number of anilines is 1. The van der Waals surface area contributed by atoms with Crippen LogP contribution < -0.4 is 5.32 Å². The number of hydrogen-bond acceptors (Lipinski definition) is 1. The summed E-state index contributed by atoms with van der Waals surface area (Å²) in [6, 6.07) is 2.76. The Bertz CT molecular complexity index is 350. The fourth-order valence-electron chi connectivity index (χ4n) is 1.76. The van der Waals surface area contributed by atoms with Crippen LogP contribution in [-0.4, -0.2) is 6.54 Å².